The van der Waals surface area contributed by atoms with Gasteiger partial charge in [-0.2, -0.15) is 0 Å². The Bertz CT molecular complexity index is 1950. The van der Waals surface area contributed by atoms with Crippen LogP contribution in [0.1, 0.15) is 141 Å². The highest BCUT2D eigenvalue weighted by Crippen LogP contribution is 2.53. The third kappa shape index (κ3) is 5.47. The highest BCUT2D eigenvalue weighted by atomic mass is 14.4. The lowest BCUT2D eigenvalue weighted by Gasteiger charge is -2.29. The van der Waals surface area contributed by atoms with Gasteiger partial charge < -0.3 is 0 Å². The average Bonchev–Trinajstić information content (AvgIpc) is 3.65. The normalized spacial score (nSPS) is 18.6. The van der Waals surface area contributed by atoms with Crippen molar-refractivity contribution in [3.63, 3.8) is 0 Å². The maximum Gasteiger partial charge on any atom is 0.00639 e. The standard InChI is InChI=1S/C47H54/c1-27-19-28(2)21-34(20-27)44-31(5)43(47(9,10)11)26-40-38(29(3)22-41(40)44)25-37-30(4)23-42-39(37)24-33-13-12-14-36(33)45(42)32-15-17-35(18-16-32)46(6,7)8/h15-24,26,37-38H,12-14,25H2,1-11H3. The lowest BCUT2D eigenvalue weighted by atomic mass is 9.75. The number of hydrogen-bond acceptors (Lipinski definition) is 0. The lowest BCUT2D eigenvalue weighted by Crippen LogP contribution is -2.16. The Kier molecular flexibility index (Phi) is 7.62. The van der Waals surface area contributed by atoms with Gasteiger partial charge in [-0.25, -0.2) is 0 Å². The number of hydrogen-bond donors (Lipinski definition) is 0. The monoisotopic (exact) mass is 618 g/mol. The summed E-state index contributed by atoms with van der Waals surface area (Å²) in [4.78, 5) is 0. The molecule has 242 valence electrons. The third-order valence-corrected chi connectivity index (χ3v) is 11.6. The smallest absolute Gasteiger partial charge is 0.00639 e. The van der Waals surface area contributed by atoms with Gasteiger partial charge in [-0.05, 0) is 143 Å². The van der Waals surface area contributed by atoms with E-state index in [1.807, 2.05) is 0 Å². The topological polar surface area (TPSA) is 0 Å². The number of aryl methyl sites for hydroxylation is 3. The van der Waals surface area contributed by atoms with Gasteiger partial charge in [0.15, 0.2) is 0 Å². The van der Waals surface area contributed by atoms with Gasteiger partial charge in [-0.15, -0.1) is 0 Å². The van der Waals surface area contributed by atoms with Crippen LogP contribution in [0.15, 0.2) is 65.7 Å². The van der Waals surface area contributed by atoms with Gasteiger partial charge in [0.1, 0.15) is 0 Å². The first-order valence-electron chi connectivity index (χ1n) is 18.0. The largest absolute Gasteiger partial charge is 0.0651 e. The SMILES string of the molecule is CC1=Cc2c(cc(C(C)(C)C)c(C)c2-c2cc(C)cc(C)c2)C1CC1C(C)=Cc2c1cc1c(c2-c2ccc(C(C)(C)C)cc2)CCC1. The fourth-order valence-corrected chi connectivity index (χ4v) is 9.24. The Morgan fingerprint density at radius 2 is 1.17 bits per heavy atom. The van der Waals surface area contributed by atoms with E-state index in [1.54, 1.807) is 16.7 Å². The Morgan fingerprint density at radius 3 is 1.74 bits per heavy atom. The Morgan fingerprint density at radius 1 is 0.596 bits per heavy atom. The zero-order valence-corrected chi connectivity index (χ0v) is 30.8. The van der Waals surface area contributed by atoms with Crippen LogP contribution in [0.5, 0.6) is 0 Å². The fraction of sp³-hybridized carbons (Fsp3) is 0.404. The van der Waals surface area contributed by atoms with Crippen molar-refractivity contribution in [1.82, 2.24) is 0 Å². The highest BCUT2D eigenvalue weighted by Gasteiger charge is 2.36. The predicted octanol–water partition coefficient (Wildman–Crippen LogP) is 13.1. The molecule has 2 atom stereocenters. The molecular formula is C47H54. The van der Waals surface area contributed by atoms with Crippen molar-refractivity contribution in [2.75, 3.05) is 0 Å². The molecule has 0 aromatic heterocycles. The molecule has 0 N–H and O–H groups in total. The van der Waals surface area contributed by atoms with E-state index in [1.165, 1.54) is 97.2 Å². The second-order valence-electron chi connectivity index (χ2n) is 17.2. The zero-order chi connectivity index (χ0) is 33.6. The average molecular weight is 619 g/mol. The Hall–Kier alpha value is -3.64. The number of rotatable bonds is 4. The summed E-state index contributed by atoms with van der Waals surface area (Å²) < 4.78 is 0. The van der Waals surface area contributed by atoms with Crippen molar-refractivity contribution in [2.45, 2.75) is 125 Å². The third-order valence-electron chi connectivity index (χ3n) is 11.6. The maximum absolute atomic E-state index is 2.62. The highest BCUT2D eigenvalue weighted by molar-refractivity contribution is 5.87. The van der Waals surface area contributed by atoms with Crippen LogP contribution in [-0.4, -0.2) is 0 Å². The van der Waals surface area contributed by atoms with Crippen LogP contribution >= 0.6 is 0 Å². The summed E-state index contributed by atoms with van der Waals surface area (Å²) in [7, 11) is 0. The number of fused-ring (bicyclic) bond motifs is 3. The lowest BCUT2D eigenvalue weighted by molar-refractivity contribution is 0.582. The number of allylic oxidation sites excluding steroid dienone is 2. The van der Waals surface area contributed by atoms with Crippen molar-refractivity contribution in [1.29, 1.82) is 0 Å². The molecule has 2 unspecified atom stereocenters. The van der Waals surface area contributed by atoms with E-state index < -0.39 is 0 Å². The molecule has 0 spiro atoms. The summed E-state index contributed by atoms with van der Waals surface area (Å²) in [6.45, 7) is 25.7. The molecule has 0 heteroatoms. The fourth-order valence-electron chi connectivity index (χ4n) is 9.24. The molecule has 7 rings (SSSR count). The van der Waals surface area contributed by atoms with Crippen LogP contribution in [0.3, 0.4) is 0 Å². The van der Waals surface area contributed by atoms with E-state index in [-0.39, 0.29) is 10.8 Å². The first kappa shape index (κ1) is 31.9. The molecule has 3 aliphatic rings. The van der Waals surface area contributed by atoms with Gasteiger partial charge in [0.05, 0.1) is 0 Å². The summed E-state index contributed by atoms with van der Waals surface area (Å²) in [5, 5.41) is 0. The van der Waals surface area contributed by atoms with Gasteiger partial charge in [-0.3, -0.25) is 0 Å². The van der Waals surface area contributed by atoms with Gasteiger partial charge in [0.25, 0.3) is 0 Å². The molecular weight excluding hydrogens is 565 g/mol. The molecule has 0 fully saturated rings. The molecule has 47 heavy (non-hydrogen) atoms. The molecule has 0 saturated heterocycles. The van der Waals surface area contributed by atoms with E-state index in [9.17, 15) is 0 Å². The summed E-state index contributed by atoms with van der Waals surface area (Å²) in [5.41, 5.74) is 25.2. The van der Waals surface area contributed by atoms with E-state index in [0.717, 1.165) is 6.42 Å². The molecule has 0 amide bonds. The van der Waals surface area contributed by atoms with Crippen LogP contribution in [0.4, 0.5) is 0 Å². The molecule has 0 radical (unpaired) electrons. The van der Waals surface area contributed by atoms with Crippen molar-refractivity contribution >= 4 is 12.2 Å². The quantitative estimate of drug-likeness (QED) is 0.213. The molecule has 3 aliphatic carbocycles. The summed E-state index contributed by atoms with van der Waals surface area (Å²) in [5.74, 6) is 0.852. The molecule has 0 bridgehead atoms. The first-order valence-corrected chi connectivity index (χ1v) is 18.0. The minimum atomic E-state index is 0.0710. The van der Waals surface area contributed by atoms with E-state index in [0.29, 0.717) is 11.8 Å². The van der Waals surface area contributed by atoms with Crippen molar-refractivity contribution in [2.24, 2.45) is 0 Å². The zero-order valence-electron chi connectivity index (χ0n) is 30.8. The van der Waals surface area contributed by atoms with Gasteiger partial charge >= 0.3 is 0 Å². The first-order chi connectivity index (χ1) is 22.1. The van der Waals surface area contributed by atoms with Crippen LogP contribution in [0.25, 0.3) is 34.4 Å². The molecule has 4 aromatic rings. The van der Waals surface area contributed by atoms with Crippen molar-refractivity contribution in [3.05, 3.63) is 127 Å². The van der Waals surface area contributed by atoms with Crippen LogP contribution in [0.2, 0.25) is 0 Å². The minimum Gasteiger partial charge on any atom is -0.0651 e. The van der Waals surface area contributed by atoms with Gasteiger partial charge in [0.2, 0.25) is 0 Å². The Labute approximate surface area is 285 Å². The maximum atomic E-state index is 2.62. The molecule has 0 heterocycles. The van der Waals surface area contributed by atoms with Crippen LogP contribution in [0, 0.1) is 20.8 Å². The van der Waals surface area contributed by atoms with Gasteiger partial charge in [-0.1, -0.05) is 131 Å². The van der Waals surface area contributed by atoms with E-state index in [4.69, 9.17) is 0 Å². The predicted molar refractivity (Wildman–Crippen MR) is 205 cm³/mol. The van der Waals surface area contributed by atoms with Crippen LogP contribution < -0.4 is 0 Å². The van der Waals surface area contributed by atoms with Gasteiger partial charge in [0, 0.05) is 11.8 Å². The second-order valence-corrected chi connectivity index (χ2v) is 17.2. The summed E-state index contributed by atoms with van der Waals surface area (Å²) >= 11 is 0. The minimum absolute atomic E-state index is 0.0710. The van der Waals surface area contributed by atoms with Crippen molar-refractivity contribution < 1.29 is 0 Å². The molecule has 0 nitrogen and oxygen atoms in total. The van der Waals surface area contributed by atoms with E-state index >= 15 is 0 Å². The van der Waals surface area contributed by atoms with E-state index in [2.05, 4.69) is 143 Å². The van der Waals surface area contributed by atoms with Crippen LogP contribution in [-0.2, 0) is 23.7 Å². The Balaban J connectivity index is 1.34. The molecule has 0 aliphatic heterocycles. The molecule has 0 saturated carbocycles. The number of benzene rings is 4. The van der Waals surface area contributed by atoms with Crippen molar-refractivity contribution in [3.8, 4) is 22.3 Å². The summed E-state index contributed by atoms with van der Waals surface area (Å²) in [6, 6.07) is 21.8. The molecule has 4 aromatic carbocycles. The second kappa shape index (κ2) is 11.2. The summed E-state index contributed by atoms with van der Waals surface area (Å²) in [6.07, 6.45) is 9.89.